The van der Waals surface area contributed by atoms with E-state index in [1.165, 1.54) is 5.01 Å². The number of hydrogen-bond acceptors (Lipinski definition) is 6. The summed E-state index contributed by atoms with van der Waals surface area (Å²) in [6.45, 7) is 4.72. The van der Waals surface area contributed by atoms with E-state index in [0.717, 1.165) is 22.3 Å². The highest BCUT2D eigenvalue weighted by Crippen LogP contribution is 2.31. The van der Waals surface area contributed by atoms with E-state index in [2.05, 4.69) is 17.3 Å². The average molecular weight is 554 g/mol. The summed E-state index contributed by atoms with van der Waals surface area (Å²) in [7, 11) is 1.65. The van der Waals surface area contributed by atoms with Crippen LogP contribution in [0.3, 0.4) is 0 Å². The molecule has 5 rings (SSSR count). The Hall–Kier alpha value is -4.67. The number of nitrogens with two attached hydrogens (primary N) is 1. The Morgan fingerprint density at radius 2 is 1.71 bits per heavy atom. The second kappa shape index (κ2) is 12.2. The van der Waals surface area contributed by atoms with Gasteiger partial charge in [0.15, 0.2) is 0 Å². The van der Waals surface area contributed by atoms with E-state index < -0.39 is 12.2 Å². The number of carbonyl (C=O) groups is 3. The SMILES string of the molecule is C=Cc1cccc(CN2C[C@H]3N(C(=O)CN3N(C)C(=O)NCc3ccccc3)[C@@H](Cc3ccccc3)C2=O)c1NN. The topological polar surface area (TPSA) is 114 Å². The number of nitrogens with zero attached hydrogens (tertiary/aromatic N) is 4. The molecule has 212 valence electrons. The van der Waals surface area contributed by atoms with Crippen molar-refractivity contribution >= 4 is 29.6 Å². The number of carbonyl (C=O) groups excluding carboxylic acids is 3. The quantitative estimate of drug-likeness (QED) is 0.277. The number of urea groups is 1. The highest BCUT2D eigenvalue weighted by molar-refractivity contribution is 5.92. The third kappa shape index (κ3) is 5.79. The van der Waals surface area contributed by atoms with Crippen molar-refractivity contribution in [1.29, 1.82) is 0 Å². The number of para-hydroxylation sites is 1. The molecule has 2 saturated heterocycles. The Bertz CT molecular complexity index is 1420. The molecule has 41 heavy (non-hydrogen) atoms. The molecule has 10 heteroatoms. The lowest BCUT2D eigenvalue weighted by molar-refractivity contribution is -0.157. The molecule has 2 atom stereocenters. The first-order valence-electron chi connectivity index (χ1n) is 13.6. The molecule has 0 radical (unpaired) electrons. The zero-order valence-electron chi connectivity index (χ0n) is 23.1. The normalized spacial score (nSPS) is 18.7. The number of piperazine rings is 1. The molecule has 2 heterocycles. The third-order valence-electron chi connectivity index (χ3n) is 7.71. The molecular formula is C31H35N7O3. The van der Waals surface area contributed by atoms with Crippen LogP contribution in [0.2, 0.25) is 0 Å². The van der Waals surface area contributed by atoms with Gasteiger partial charge in [0.1, 0.15) is 12.2 Å². The van der Waals surface area contributed by atoms with Gasteiger partial charge in [0.05, 0.1) is 18.8 Å². The molecule has 0 aromatic heterocycles. The molecule has 3 aromatic carbocycles. The molecule has 4 N–H and O–H groups in total. The van der Waals surface area contributed by atoms with Gasteiger partial charge in [-0.3, -0.25) is 20.4 Å². The van der Waals surface area contributed by atoms with Crippen LogP contribution in [0.25, 0.3) is 6.08 Å². The van der Waals surface area contributed by atoms with Crippen LogP contribution in [0.5, 0.6) is 0 Å². The fourth-order valence-electron chi connectivity index (χ4n) is 5.60. The van der Waals surface area contributed by atoms with Crippen molar-refractivity contribution in [2.75, 3.05) is 25.6 Å². The van der Waals surface area contributed by atoms with Gasteiger partial charge in [-0.1, -0.05) is 91.5 Å². The van der Waals surface area contributed by atoms with Crippen LogP contribution in [0.1, 0.15) is 22.3 Å². The minimum absolute atomic E-state index is 0.00606. The van der Waals surface area contributed by atoms with Crippen molar-refractivity contribution in [3.8, 4) is 0 Å². The number of rotatable bonds is 9. The maximum Gasteiger partial charge on any atom is 0.332 e. The van der Waals surface area contributed by atoms with Crippen LogP contribution in [0.15, 0.2) is 85.4 Å². The van der Waals surface area contributed by atoms with Gasteiger partial charge in [-0.15, -0.1) is 0 Å². The van der Waals surface area contributed by atoms with E-state index in [-0.39, 0.29) is 37.5 Å². The molecule has 10 nitrogen and oxygen atoms in total. The van der Waals surface area contributed by atoms with Crippen molar-refractivity contribution in [2.24, 2.45) is 5.84 Å². The molecular weight excluding hydrogens is 518 g/mol. The smallest absolute Gasteiger partial charge is 0.332 e. The van der Waals surface area contributed by atoms with Gasteiger partial charge >= 0.3 is 6.03 Å². The van der Waals surface area contributed by atoms with Gasteiger partial charge in [0.2, 0.25) is 11.8 Å². The number of hydrazine groups is 2. The Morgan fingerprint density at radius 3 is 2.37 bits per heavy atom. The first-order chi connectivity index (χ1) is 19.9. The molecule has 0 bridgehead atoms. The van der Waals surface area contributed by atoms with Crippen molar-refractivity contribution in [2.45, 2.75) is 31.7 Å². The number of fused-ring (bicyclic) bond motifs is 1. The van der Waals surface area contributed by atoms with Crippen molar-refractivity contribution in [3.05, 3.63) is 108 Å². The summed E-state index contributed by atoms with van der Waals surface area (Å²) in [6.07, 6.45) is 1.56. The van der Waals surface area contributed by atoms with Gasteiger partial charge in [-0.05, 0) is 22.3 Å². The maximum atomic E-state index is 14.0. The number of nitrogens with one attached hydrogen (secondary N) is 2. The number of anilines is 1. The second-order valence-corrected chi connectivity index (χ2v) is 10.2. The Kier molecular flexibility index (Phi) is 8.32. The number of benzene rings is 3. The van der Waals surface area contributed by atoms with Crippen molar-refractivity contribution < 1.29 is 14.4 Å². The van der Waals surface area contributed by atoms with Crippen LogP contribution in [0, 0.1) is 0 Å². The zero-order chi connectivity index (χ0) is 28.9. The first kappa shape index (κ1) is 27.9. The van der Waals surface area contributed by atoms with Crippen LogP contribution in [0.4, 0.5) is 10.5 Å². The fourth-order valence-corrected chi connectivity index (χ4v) is 5.60. The van der Waals surface area contributed by atoms with E-state index in [0.29, 0.717) is 18.7 Å². The number of amides is 4. The Morgan fingerprint density at radius 1 is 1.02 bits per heavy atom. The predicted octanol–water partition coefficient (Wildman–Crippen LogP) is 2.80. The number of nitrogen functional groups attached to an aromatic ring is 1. The summed E-state index contributed by atoms with van der Waals surface area (Å²) in [6, 6.07) is 23.9. The largest absolute Gasteiger partial charge is 0.333 e. The van der Waals surface area contributed by atoms with Crippen molar-refractivity contribution in [1.82, 2.24) is 25.1 Å². The maximum absolute atomic E-state index is 14.0. The summed E-state index contributed by atoms with van der Waals surface area (Å²) in [5, 5.41) is 6.12. The van der Waals surface area contributed by atoms with Crippen molar-refractivity contribution in [3.63, 3.8) is 0 Å². The lowest BCUT2D eigenvalue weighted by Crippen LogP contribution is -2.65. The van der Waals surface area contributed by atoms with Crippen LogP contribution in [-0.2, 0) is 29.1 Å². The lowest BCUT2D eigenvalue weighted by atomic mass is 9.99. The van der Waals surface area contributed by atoms with Gasteiger partial charge in [-0.25, -0.2) is 4.79 Å². The molecule has 0 aliphatic carbocycles. The van der Waals surface area contributed by atoms with Crippen LogP contribution in [-0.4, -0.2) is 70.0 Å². The molecule has 0 spiro atoms. The minimum Gasteiger partial charge on any atom is -0.333 e. The zero-order valence-corrected chi connectivity index (χ0v) is 23.1. The molecule has 4 amide bonds. The van der Waals surface area contributed by atoms with Gasteiger partial charge < -0.3 is 20.5 Å². The van der Waals surface area contributed by atoms with E-state index in [1.807, 2.05) is 78.9 Å². The molecule has 3 aromatic rings. The van der Waals surface area contributed by atoms with E-state index >= 15 is 0 Å². The van der Waals surface area contributed by atoms with Crippen LogP contribution < -0.4 is 16.6 Å². The second-order valence-electron chi connectivity index (χ2n) is 10.2. The van der Waals surface area contributed by atoms with E-state index in [1.54, 1.807) is 27.9 Å². The third-order valence-corrected chi connectivity index (χ3v) is 7.71. The summed E-state index contributed by atoms with van der Waals surface area (Å²) in [5.74, 6) is 5.51. The summed E-state index contributed by atoms with van der Waals surface area (Å²) in [5.41, 5.74) is 7.01. The Balaban J connectivity index is 1.42. The molecule has 2 aliphatic heterocycles. The highest BCUT2D eigenvalue weighted by Gasteiger charge is 2.51. The number of hydrogen-bond donors (Lipinski definition) is 3. The summed E-state index contributed by atoms with van der Waals surface area (Å²) < 4.78 is 0. The van der Waals surface area contributed by atoms with Gasteiger partial charge in [0, 0.05) is 26.6 Å². The summed E-state index contributed by atoms with van der Waals surface area (Å²) in [4.78, 5) is 44.0. The van der Waals surface area contributed by atoms with Crippen LogP contribution >= 0.6 is 0 Å². The predicted molar refractivity (Wildman–Crippen MR) is 157 cm³/mol. The van der Waals surface area contributed by atoms with E-state index in [9.17, 15) is 14.4 Å². The first-order valence-corrected chi connectivity index (χ1v) is 13.6. The van der Waals surface area contributed by atoms with E-state index in [4.69, 9.17) is 5.84 Å². The monoisotopic (exact) mass is 553 g/mol. The highest BCUT2D eigenvalue weighted by atomic mass is 16.2. The Labute approximate surface area is 239 Å². The molecule has 0 saturated carbocycles. The average Bonchev–Trinajstić information content (AvgIpc) is 3.33. The standard InChI is InChI=1S/C31H35N7O3/c1-3-24-15-10-16-25(29(24)34-32)19-36-20-27-37(35(2)31(41)33-18-23-13-8-5-9-14-23)21-28(39)38(27)26(30(36)40)17-22-11-6-4-7-12-22/h3-16,26-27,34H,1,17-21,32H2,2H3,(H,33,41)/t26-,27+/m0/s1. The lowest BCUT2D eigenvalue weighted by Gasteiger charge is -2.46. The van der Waals surface area contributed by atoms with Gasteiger partial charge in [-0.2, -0.15) is 5.01 Å². The molecule has 2 aliphatic rings. The summed E-state index contributed by atoms with van der Waals surface area (Å²) >= 11 is 0. The molecule has 2 fully saturated rings. The minimum atomic E-state index is -0.716. The molecule has 0 unspecified atom stereocenters. The fraction of sp³-hybridized carbons (Fsp3) is 0.258. The van der Waals surface area contributed by atoms with Gasteiger partial charge in [0.25, 0.3) is 0 Å².